The lowest BCUT2D eigenvalue weighted by molar-refractivity contribution is -0.142. The van der Waals surface area contributed by atoms with Crippen LogP contribution in [0.3, 0.4) is 0 Å². The first-order valence-corrected chi connectivity index (χ1v) is 6.29. The lowest BCUT2D eigenvalue weighted by Gasteiger charge is -2.14. The van der Waals surface area contributed by atoms with E-state index in [0.29, 0.717) is 6.54 Å². The standard InChI is InChI=1S/C14H20N2O3.ClH/c1-11(17)19-10-13(14(15)18)16-9-5-8-12-6-3-2-4-7-12;/h2-4,6-7,13,16H,5,8-10H2,1H3,(H2,15,18);1H/t13-;/m0./s1. The first-order valence-electron chi connectivity index (χ1n) is 6.29. The van der Waals surface area contributed by atoms with Crippen molar-refractivity contribution >= 4 is 24.3 Å². The Morgan fingerprint density at radius 3 is 2.50 bits per heavy atom. The molecule has 0 bridgehead atoms. The van der Waals surface area contributed by atoms with E-state index in [9.17, 15) is 9.59 Å². The molecular weight excluding hydrogens is 280 g/mol. The number of nitrogens with one attached hydrogen (secondary N) is 1. The lowest BCUT2D eigenvalue weighted by Crippen LogP contribution is -2.45. The van der Waals surface area contributed by atoms with Crippen molar-refractivity contribution < 1.29 is 14.3 Å². The smallest absolute Gasteiger partial charge is 0.302 e. The number of hydrogen-bond acceptors (Lipinski definition) is 4. The minimum absolute atomic E-state index is 0. The molecule has 0 fully saturated rings. The van der Waals surface area contributed by atoms with Crippen molar-refractivity contribution in [1.82, 2.24) is 5.32 Å². The van der Waals surface area contributed by atoms with Gasteiger partial charge in [0.2, 0.25) is 5.91 Å². The van der Waals surface area contributed by atoms with E-state index in [0.717, 1.165) is 12.8 Å². The molecule has 0 aliphatic heterocycles. The van der Waals surface area contributed by atoms with Crippen LogP contribution in [0.5, 0.6) is 0 Å². The third-order valence-corrected chi connectivity index (χ3v) is 2.67. The summed E-state index contributed by atoms with van der Waals surface area (Å²) >= 11 is 0. The summed E-state index contributed by atoms with van der Waals surface area (Å²) in [6, 6.07) is 9.46. The summed E-state index contributed by atoms with van der Waals surface area (Å²) in [7, 11) is 0. The number of hydrogen-bond donors (Lipinski definition) is 2. The third kappa shape index (κ3) is 7.76. The number of nitrogens with two attached hydrogens (primary N) is 1. The van der Waals surface area contributed by atoms with Crippen molar-refractivity contribution in [2.45, 2.75) is 25.8 Å². The van der Waals surface area contributed by atoms with Crippen LogP contribution in [-0.4, -0.2) is 31.1 Å². The van der Waals surface area contributed by atoms with Crippen LogP contribution in [0.1, 0.15) is 18.9 Å². The monoisotopic (exact) mass is 300 g/mol. The van der Waals surface area contributed by atoms with Crippen LogP contribution in [0.15, 0.2) is 30.3 Å². The molecule has 20 heavy (non-hydrogen) atoms. The topological polar surface area (TPSA) is 81.4 Å². The molecule has 6 heteroatoms. The fourth-order valence-electron chi connectivity index (χ4n) is 1.66. The van der Waals surface area contributed by atoms with Gasteiger partial charge in [0.15, 0.2) is 0 Å². The SMILES string of the molecule is CC(=O)OC[C@H](NCCCc1ccccc1)C(N)=O.Cl. The predicted molar refractivity (Wildman–Crippen MR) is 79.6 cm³/mol. The largest absolute Gasteiger partial charge is 0.464 e. The quantitative estimate of drug-likeness (QED) is 0.555. The van der Waals surface area contributed by atoms with Crippen LogP contribution in [0.2, 0.25) is 0 Å². The molecule has 0 radical (unpaired) electrons. The molecule has 5 nitrogen and oxygen atoms in total. The van der Waals surface area contributed by atoms with Crippen LogP contribution >= 0.6 is 12.4 Å². The highest BCUT2D eigenvalue weighted by Crippen LogP contribution is 2.01. The second-order valence-electron chi connectivity index (χ2n) is 4.30. The molecule has 1 amide bonds. The average Bonchev–Trinajstić information content (AvgIpc) is 2.38. The van der Waals surface area contributed by atoms with E-state index >= 15 is 0 Å². The van der Waals surface area contributed by atoms with Crippen molar-refractivity contribution in [3.8, 4) is 0 Å². The number of halogens is 1. The Labute approximate surface area is 125 Å². The highest BCUT2D eigenvalue weighted by molar-refractivity contribution is 5.85. The van der Waals surface area contributed by atoms with Gasteiger partial charge in [-0.3, -0.25) is 9.59 Å². The van der Waals surface area contributed by atoms with E-state index in [1.54, 1.807) is 0 Å². The van der Waals surface area contributed by atoms with Gasteiger partial charge < -0.3 is 15.8 Å². The Hall–Kier alpha value is -1.59. The molecule has 0 aliphatic rings. The minimum Gasteiger partial charge on any atom is -0.464 e. The van der Waals surface area contributed by atoms with Gasteiger partial charge in [-0.15, -0.1) is 12.4 Å². The summed E-state index contributed by atoms with van der Waals surface area (Å²) < 4.78 is 4.78. The molecule has 0 unspecified atom stereocenters. The Bertz CT molecular complexity index is 412. The van der Waals surface area contributed by atoms with Crippen molar-refractivity contribution in [3.63, 3.8) is 0 Å². The van der Waals surface area contributed by atoms with Gasteiger partial charge in [-0.25, -0.2) is 0 Å². The summed E-state index contributed by atoms with van der Waals surface area (Å²) in [4.78, 5) is 21.8. The Morgan fingerprint density at radius 1 is 1.30 bits per heavy atom. The first-order chi connectivity index (χ1) is 9.09. The maximum absolute atomic E-state index is 11.1. The van der Waals surface area contributed by atoms with Gasteiger partial charge in [0, 0.05) is 6.92 Å². The number of esters is 1. The number of carbonyl (C=O) groups excluding carboxylic acids is 2. The van der Waals surface area contributed by atoms with Crippen molar-refractivity contribution in [2.75, 3.05) is 13.2 Å². The Kier molecular flexibility index (Phi) is 9.41. The van der Waals surface area contributed by atoms with Gasteiger partial charge in [-0.1, -0.05) is 30.3 Å². The normalized spacial score (nSPS) is 11.2. The number of ether oxygens (including phenoxy) is 1. The zero-order valence-electron chi connectivity index (χ0n) is 11.5. The summed E-state index contributed by atoms with van der Waals surface area (Å²) in [5, 5.41) is 2.99. The zero-order valence-corrected chi connectivity index (χ0v) is 12.3. The molecule has 0 aromatic heterocycles. The second-order valence-corrected chi connectivity index (χ2v) is 4.30. The first kappa shape index (κ1) is 18.4. The van der Waals surface area contributed by atoms with Gasteiger partial charge in [-0.05, 0) is 24.9 Å². The van der Waals surface area contributed by atoms with Crippen LogP contribution < -0.4 is 11.1 Å². The van der Waals surface area contributed by atoms with Crippen LogP contribution in [0.25, 0.3) is 0 Å². The van der Waals surface area contributed by atoms with E-state index in [1.807, 2.05) is 18.2 Å². The maximum atomic E-state index is 11.1. The number of benzene rings is 1. The number of rotatable bonds is 8. The van der Waals surface area contributed by atoms with Gasteiger partial charge in [0.05, 0.1) is 0 Å². The van der Waals surface area contributed by atoms with Crippen molar-refractivity contribution in [3.05, 3.63) is 35.9 Å². The van der Waals surface area contributed by atoms with Gasteiger partial charge >= 0.3 is 5.97 Å². The van der Waals surface area contributed by atoms with E-state index < -0.39 is 17.9 Å². The molecule has 0 spiro atoms. The highest BCUT2D eigenvalue weighted by Gasteiger charge is 2.15. The number of aryl methyl sites for hydroxylation is 1. The molecule has 1 atom stereocenters. The lowest BCUT2D eigenvalue weighted by atomic mass is 10.1. The van der Waals surface area contributed by atoms with Crippen LogP contribution in [-0.2, 0) is 20.7 Å². The average molecular weight is 301 g/mol. The number of amides is 1. The summed E-state index contributed by atoms with van der Waals surface area (Å²) in [6.07, 6.45) is 1.81. The number of primary amides is 1. The fraction of sp³-hybridized carbons (Fsp3) is 0.429. The Balaban J connectivity index is 0.00000361. The highest BCUT2D eigenvalue weighted by atomic mass is 35.5. The molecule has 1 aromatic rings. The number of carbonyl (C=O) groups is 2. The summed E-state index contributed by atoms with van der Waals surface area (Å²) in [6.45, 7) is 1.92. The maximum Gasteiger partial charge on any atom is 0.302 e. The van der Waals surface area contributed by atoms with Crippen LogP contribution in [0.4, 0.5) is 0 Å². The van der Waals surface area contributed by atoms with Gasteiger partial charge in [-0.2, -0.15) is 0 Å². The van der Waals surface area contributed by atoms with Crippen molar-refractivity contribution in [2.24, 2.45) is 5.73 Å². The zero-order chi connectivity index (χ0) is 14.1. The minimum atomic E-state index is -0.625. The summed E-state index contributed by atoms with van der Waals surface area (Å²) in [5.41, 5.74) is 6.47. The van der Waals surface area contributed by atoms with E-state index in [-0.39, 0.29) is 19.0 Å². The molecule has 1 rings (SSSR count). The van der Waals surface area contributed by atoms with Crippen LogP contribution in [0, 0.1) is 0 Å². The van der Waals surface area contributed by atoms with E-state index in [4.69, 9.17) is 10.5 Å². The molecule has 0 saturated heterocycles. The second kappa shape index (κ2) is 10.2. The predicted octanol–water partition coefficient (Wildman–Crippen LogP) is 1.05. The van der Waals surface area contributed by atoms with E-state index in [1.165, 1.54) is 12.5 Å². The molecule has 0 heterocycles. The van der Waals surface area contributed by atoms with Crippen molar-refractivity contribution in [1.29, 1.82) is 0 Å². The third-order valence-electron chi connectivity index (χ3n) is 2.67. The molecular formula is C14H21ClN2O3. The fourth-order valence-corrected chi connectivity index (χ4v) is 1.66. The molecule has 0 aliphatic carbocycles. The van der Waals surface area contributed by atoms with Gasteiger partial charge in [0.1, 0.15) is 12.6 Å². The Morgan fingerprint density at radius 2 is 1.95 bits per heavy atom. The molecule has 0 saturated carbocycles. The summed E-state index contributed by atoms with van der Waals surface area (Å²) in [5.74, 6) is -0.932. The molecule has 3 N–H and O–H groups in total. The van der Waals surface area contributed by atoms with Gasteiger partial charge in [0.25, 0.3) is 0 Å². The molecule has 112 valence electrons. The van der Waals surface area contributed by atoms with E-state index in [2.05, 4.69) is 17.4 Å². The molecule has 1 aromatic carbocycles.